The molecule has 0 unspecified atom stereocenters. The number of methoxy groups -OCH3 is 2. The number of sulfone groups is 1. The van der Waals surface area contributed by atoms with Crippen LogP contribution < -0.4 is 15.2 Å². The van der Waals surface area contributed by atoms with Gasteiger partial charge in [0.05, 0.1) is 19.8 Å². The summed E-state index contributed by atoms with van der Waals surface area (Å²) < 4.78 is 33.5. The van der Waals surface area contributed by atoms with Gasteiger partial charge in [0.1, 0.15) is 4.90 Å². The first-order valence-electron chi connectivity index (χ1n) is 5.55. The Labute approximate surface area is 112 Å². The number of hydrogen-bond acceptors (Lipinski definition) is 6. The first-order chi connectivity index (χ1) is 8.86. The van der Waals surface area contributed by atoms with Crippen molar-refractivity contribution in [3.63, 3.8) is 0 Å². The lowest BCUT2D eigenvalue weighted by atomic mass is 10.1. The average Bonchev–Trinajstić information content (AvgIpc) is 2.35. The van der Waals surface area contributed by atoms with E-state index < -0.39 is 9.84 Å². The van der Waals surface area contributed by atoms with Gasteiger partial charge >= 0.3 is 0 Å². The first kappa shape index (κ1) is 15.5. The van der Waals surface area contributed by atoms with Crippen molar-refractivity contribution in [2.75, 3.05) is 27.0 Å². The van der Waals surface area contributed by atoms with Crippen molar-refractivity contribution in [2.45, 2.75) is 11.3 Å². The highest BCUT2D eigenvalue weighted by Gasteiger charge is 2.23. The van der Waals surface area contributed by atoms with Crippen molar-refractivity contribution in [1.29, 1.82) is 0 Å². The zero-order valence-electron chi connectivity index (χ0n) is 11.1. The summed E-state index contributed by atoms with van der Waals surface area (Å²) in [7, 11) is -0.800. The van der Waals surface area contributed by atoms with E-state index in [1.54, 1.807) is 0 Å². The minimum absolute atomic E-state index is 0.0175. The largest absolute Gasteiger partial charge is 0.492 e. The van der Waals surface area contributed by atoms with E-state index in [4.69, 9.17) is 15.2 Å². The van der Waals surface area contributed by atoms with Gasteiger partial charge < -0.3 is 15.2 Å². The predicted octanol–water partition coefficient (Wildman–Crippen LogP) is 0.639. The molecule has 1 aromatic carbocycles. The van der Waals surface area contributed by atoms with Gasteiger partial charge in [0.15, 0.2) is 27.1 Å². The summed E-state index contributed by atoms with van der Waals surface area (Å²) in [4.78, 5) is 11.9. The molecule has 1 aromatic rings. The van der Waals surface area contributed by atoms with Gasteiger partial charge in [-0.05, 0) is 18.7 Å². The average molecular weight is 287 g/mol. The van der Waals surface area contributed by atoms with Gasteiger partial charge in [0.25, 0.3) is 0 Å². The Bertz CT molecular complexity index is 580. The highest BCUT2D eigenvalue weighted by Crippen LogP contribution is 2.37. The lowest BCUT2D eigenvalue weighted by Crippen LogP contribution is -2.11. The Kier molecular flexibility index (Phi) is 4.90. The minimum Gasteiger partial charge on any atom is -0.492 e. The topological polar surface area (TPSA) is 95.7 Å². The molecule has 0 saturated carbocycles. The van der Waals surface area contributed by atoms with Gasteiger partial charge in [0, 0.05) is 12.7 Å². The van der Waals surface area contributed by atoms with Crippen LogP contribution in [-0.2, 0) is 9.84 Å². The van der Waals surface area contributed by atoms with Crippen molar-refractivity contribution in [2.24, 2.45) is 5.73 Å². The van der Waals surface area contributed by atoms with Gasteiger partial charge in [0.2, 0.25) is 0 Å². The summed E-state index contributed by atoms with van der Waals surface area (Å²) in [6.07, 6.45) is 1.21. The lowest BCUT2D eigenvalue weighted by Gasteiger charge is -2.14. The molecule has 106 valence electrons. The molecule has 0 aliphatic heterocycles. The molecule has 19 heavy (non-hydrogen) atoms. The van der Waals surface area contributed by atoms with E-state index in [0.717, 1.165) is 6.26 Å². The third-order valence-electron chi connectivity index (χ3n) is 2.56. The maximum Gasteiger partial charge on any atom is 0.180 e. The number of rotatable bonds is 6. The lowest BCUT2D eigenvalue weighted by molar-refractivity contribution is 0.0981. The molecular formula is C12H17NO5S. The second kappa shape index (κ2) is 6.03. The number of nitrogens with two attached hydrogens (primary N) is 1. The summed E-state index contributed by atoms with van der Waals surface area (Å²) in [5.41, 5.74) is 5.60. The number of carbonyl (C=O) groups excluding carboxylic acids is 1. The molecule has 7 heteroatoms. The fourth-order valence-electron chi connectivity index (χ4n) is 1.72. The van der Waals surface area contributed by atoms with Crippen molar-refractivity contribution in [3.8, 4) is 11.5 Å². The Morgan fingerprint density at radius 1 is 1.21 bits per heavy atom. The van der Waals surface area contributed by atoms with Crippen LogP contribution in [0.5, 0.6) is 11.5 Å². The van der Waals surface area contributed by atoms with Crippen LogP contribution in [0.15, 0.2) is 17.0 Å². The second-order valence-electron chi connectivity index (χ2n) is 3.91. The van der Waals surface area contributed by atoms with Crippen LogP contribution in [0.4, 0.5) is 0 Å². The third-order valence-corrected chi connectivity index (χ3v) is 3.68. The summed E-state index contributed by atoms with van der Waals surface area (Å²) in [5, 5.41) is 0. The van der Waals surface area contributed by atoms with Crippen molar-refractivity contribution in [3.05, 3.63) is 17.7 Å². The molecule has 1 rings (SSSR count). The fraction of sp³-hybridized carbons (Fsp3) is 0.417. The molecule has 0 aliphatic rings. The number of benzene rings is 1. The molecule has 0 aromatic heterocycles. The van der Waals surface area contributed by atoms with Gasteiger partial charge in [-0.2, -0.15) is 0 Å². The van der Waals surface area contributed by atoms with Crippen LogP contribution in [0.25, 0.3) is 0 Å². The molecule has 6 nitrogen and oxygen atoms in total. The summed E-state index contributed by atoms with van der Waals surface area (Å²) >= 11 is 0. The SMILES string of the molecule is COc1c(C(=O)CCN)ccc(S(C)(=O)=O)c1OC. The maximum atomic E-state index is 11.9. The summed E-state index contributed by atoms with van der Waals surface area (Å²) in [6, 6.07) is 2.75. The molecule has 0 amide bonds. The number of hydrogen-bond donors (Lipinski definition) is 1. The standard InChI is InChI=1S/C12H17NO5S/c1-17-11-8(9(14)6-7-13)4-5-10(12(11)18-2)19(3,15)16/h4-5H,6-7,13H2,1-3H3. The molecule has 0 atom stereocenters. The highest BCUT2D eigenvalue weighted by molar-refractivity contribution is 7.90. The number of carbonyl (C=O) groups is 1. The molecule has 0 fully saturated rings. The Morgan fingerprint density at radius 2 is 1.79 bits per heavy atom. The Balaban J connectivity index is 3.52. The smallest absolute Gasteiger partial charge is 0.180 e. The minimum atomic E-state index is -3.47. The fourth-order valence-corrected chi connectivity index (χ4v) is 2.55. The molecular weight excluding hydrogens is 270 g/mol. The van der Waals surface area contributed by atoms with E-state index in [-0.39, 0.29) is 40.7 Å². The molecule has 0 aliphatic carbocycles. The number of ether oxygens (including phenoxy) is 2. The highest BCUT2D eigenvalue weighted by atomic mass is 32.2. The van der Waals surface area contributed by atoms with Crippen LogP contribution in [0.3, 0.4) is 0 Å². The zero-order chi connectivity index (χ0) is 14.6. The zero-order valence-corrected chi connectivity index (χ0v) is 11.9. The van der Waals surface area contributed by atoms with Crippen LogP contribution >= 0.6 is 0 Å². The van der Waals surface area contributed by atoms with Gasteiger partial charge in [-0.25, -0.2) is 8.42 Å². The van der Waals surface area contributed by atoms with Gasteiger partial charge in [-0.1, -0.05) is 0 Å². The van der Waals surface area contributed by atoms with Crippen molar-refractivity contribution >= 4 is 15.6 Å². The normalized spacial score (nSPS) is 11.2. The van der Waals surface area contributed by atoms with E-state index in [1.165, 1.54) is 26.4 Å². The van der Waals surface area contributed by atoms with Crippen LogP contribution in [0, 0.1) is 0 Å². The molecule has 0 saturated heterocycles. The van der Waals surface area contributed by atoms with Crippen LogP contribution in [-0.4, -0.2) is 41.2 Å². The quantitative estimate of drug-likeness (QED) is 0.771. The van der Waals surface area contributed by atoms with Crippen LogP contribution in [0.2, 0.25) is 0 Å². The van der Waals surface area contributed by atoms with E-state index in [2.05, 4.69) is 0 Å². The van der Waals surface area contributed by atoms with Crippen LogP contribution in [0.1, 0.15) is 16.8 Å². The van der Waals surface area contributed by atoms with E-state index in [9.17, 15) is 13.2 Å². The summed E-state index contributed by atoms with van der Waals surface area (Å²) in [5.74, 6) is -0.0746. The van der Waals surface area contributed by atoms with E-state index in [1.807, 2.05) is 0 Å². The molecule has 0 radical (unpaired) electrons. The monoisotopic (exact) mass is 287 g/mol. The van der Waals surface area contributed by atoms with E-state index in [0.29, 0.717) is 0 Å². The van der Waals surface area contributed by atoms with Gasteiger partial charge in [-0.15, -0.1) is 0 Å². The maximum absolute atomic E-state index is 11.9. The first-order valence-corrected chi connectivity index (χ1v) is 7.44. The molecule has 0 spiro atoms. The summed E-state index contributed by atoms with van der Waals surface area (Å²) in [6.45, 7) is 0.206. The molecule has 0 bridgehead atoms. The van der Waals surface area contributed by atoms with Gasteiger partial charge in [-0.3, -0.25) is 4.79 Å². The van der Waals surface area contributed by atoms with Crippen molar-refractivity contribution in [1.82, 2.24) is 0 Å². The number of ketones is 1. The molecule has 2 N–H and O–H groups in total. The second-order valence-corrected chi connectivity index (χ2v) is 5.90. The molecule has 0 heterocycles. The third kappa shape index (κ3) is 3.24. The number of Topliss-reactive ketones (excluding diaryl/α,β-unsaturated/α-hetero) is 1. The van der Waals surface area contributed by atoms with E-state index >= 15 is 0 Å². The Morgan fingerprint density at radius 3 is 2.21 bits per heavy atom. The predicted molar refractivity (Wildman–Crippen MR) is 70.7 cm³/mol. The Hall–Kier alpha value is -1.60. The van der Waals surface area contributed by atoms with Crippen molar-refractivity contribution < 1.29 is 22.7 Å².